The normalized spacial score (nSPS) is 19.1. The number of hydrogen-bond donors (Lipinski definition) is 1. The van der Waals surface area contributed by atoms with Crippen molar-refractivity contribution in [1.29, 1.82) is 0 Å². The third kappa shape index (κ3) is 5.11. The van der Waals surface area contributed by atoms with Gasteiger partial charge in [-0.2, -0.15) is 0 Å². The molecule has 0 radical (unpaired) electrons. The molecule has 0 saturated carbocycles. The van der Waals surface area contributed by atoms with Crippen molar-refractivity contribution in [2.45, 2.75) is 53.1 Å². The molecule has 35 heavy (non-hydrogen) atoms. The second-order valence-electron chi connectivity index (χ2n) is 9.83. The molecule has 0 bridgehead atoms. The first kappa shape index (κ1) is 24.6. The summed E-state index contributed by atoms with van der Waals surface area (Å²) in [4.78, 5) is 26.5. The molecular formula is C29H33NO5. The zero-order valence-electron chi connectivity index (χ0n) is 21.1. The lowest BCUT2D eigenvalue weighted by Gasteiger charge is -2.39. The Kier molecular flexibility index (Phi) is 7.01. The molecule has 0 saturated heterocycles. The van der Waals surface area contributed by atoms with Crippen molar-refractivity contribution in [3.8, 4) is 11.5 Å². The van der Waals surface area contributed by atoms with Crippen LogP contribution in [0.15, 0.2) is 71.1 Å². The molecule has 1 heterocycles. The second kappa shape index (κ2) is 9.98. The number of ketones is 1. The van der Waals surface area contributed by atoms with Gasteiger partial charge < -0.3 is 19.5 Å². The fraction of sp³-hybridized carbons (Fsp3) is 0.379. The van der Waals surface area contributed by atoms with Crippen LogP contribution >= 0.6 is 0 Å². The van der Waals surface area contributed by atoms with Crippen LogP contribution in [0, 0.1) is 5.41 Å². The third-order valence-electron chi connectivity index (χ3n) is 6.49. The Morgan fingerprint density at radius 3 is 2.51 bits per heavy atom. The van der Waals surface area contributed by atoms with E-state index in [1.807, 2.05) is 55.5 Å². The van der Waals surface area contributed by atoms with Gasteiger partial charge in [-0.1, -0.05) is 50.2 Å². The maximum absolute atomic E-state index is 13.4. The number of carbonyl (C=O) groups is 2. The van der Waals surface area contributed by atoms with E-state index in [9.17, 15) is 9.59 Å². The summed E-state index contributed by atoms with van der Waals surface area (Å²) in [5, 5.41) is 3.35. The number of rotatable bonds is 7. The topological polar surface area (TPSA) is 73.9 Å². The minimum absolute atomic E-state index is 0.0476. The molecule has 1 aliphatic carbocycles. The van der Waals surface area contributed by atoms with E-state index in [0.717, 1.165) is 23.2 Å². The first-order valence-corrected chi connectivity index (χ1v) is 12.0. The molecule has 2 aliphatic rings. The molecule has 1 N–H and O–H groups in total. The Hall–Kier alpha value is -3.54. The van der Waals surface area contributed by atoms with Crippen molar-refractivity contribution in [3.05, 3.63) is 82.2 Å². The smallest absolute Gasteiger partial charge is 0.336 e. The van der Waals surface area contributed by atoms with Gasteiger partial charge in [0.25, 0.3) is 0 Å². The van der Waals surface area contributed by atoms with Crippen LogP contribution in [0.5, 0.6) is 11.5 Å². The van der Waals surface area contributed by atoms with Gasteiger partial charge in [-0.3, -0.25) is 4.79 Å². The largest absolute Gasteiger partial charge is 0.493 e. The van der Waals surface area contributed by atoms with Crippen molar-refractivity contribution in [2.75, 3.05) is 13.7 Å². The van der Waals surface area contributed by atoms with E-state index in [0.29, 0.717) is 41.4 Å². The summed E-state index contributed by atoms with van der Waals surface area (Å²) in [7, 11) is 1.59. The Morgan fingerprint density at radius 1 is 1.09 bits per heavy atom. The number of esters is 1. The standard InChI is InChI=1S/C29H33NO5/c1-6-34-28(32)25-18(2)30-21-15-29(3,4)16-22(31)27(21)26(25)20-12-13-23(24(14-20)33-5)35-17-19-10-8-7-9-11-19/h7-14,26,30H,6,15-17H2,1-5H3/t26-/m0/s1. The van der Waals surface area contributed by atoms with E-state index in [1.54, 1.807) is 14.0 Å². The van der Waals surface area contributed by atoms with Gasteiger partial charge in [-0.05, 0) is 48.9 Å². The Balaban J connectivity index is 1.75. The first-order valence-electron chi connectivity index (χ1n) is 12.0. The van der Waals surface area contributed by atoms with Gasteiger partial charge in [0.05, 0.1) is 19.3 Å². The van der Waals surface area contributed by atoms with Gasteiger partial charge >= 0.3 is 5.97 Å². The monoisotopic (exact) mass is 475 g/mol. The van der Waals surface area contributed by atoms with E-state index in [4.69, 9.17) is 14.2 Å². The molecule has 184 valence electrons. The third-order valence-corrected chi connectivity index (χ3v) is 6.49. The van der Waals surface area contributed by atoms with Gasteiger partial charge in [0.1, 0.15) is 6.61 Å². The van der Waals surface area contributed by atoms with Crippen molar-refractivity contribution >= 4 is 11.8 Å². The average Bonchev–Trinajstić information content (AvgIpc) is 2.81. The summed E-state index contributed by atoms with van der Waals surface area (Å²) in [6.45, 7) is 8.48. The summed E-state index contributed by atoms with van der Waals surface area (Å²) >= 11 is 0. The van der Waals surface area contributed by atoms with Crippen LogP contribution in [-0.2, 0) is 20.9 Å². The minimum Gasteiger partial charge on any atom is -0.493 e. The molecule has 1 atom stereocenters. The summed E-state index contributed by atoms with van der Waals surface area (Å²) in [5.74, 6) is 0.230. The van der Waals surface area contributed by atoms with Crippen LogP contribution in [0.25, 0.3) is 0 Å². The number of hydrogen-bond acceptors (Lipinski definition) is 6. The lowest BCUT2D eigenvalue weighted by molar-refractivity contribution is -0.138. The van der Waals surface area contributed by atoms with Gasteiger partial charge in [0.15, 0.2) is 17.3 Å². The predicted molar refractivity (Wildman–Crippen MR) is 134 cm³/mol. The molecule has 6 heteroatoms. The van der Waals surface area contributed by atoms with E-state index in [-0.39, 0.29) is 17.8 Å². The van der Waals surface area contributed by atoms with E-state index in [1.165, 1.54) is 0 Å². The first-order chi connectivity index (χ1) is 16.7. The number of ether oxygens (including phenoxy) is 3. The Bertz CT molecular complexity index is 1190. The number of benzene rings is 2. The Morgan fingerprint density at radius 2 is 1.83 bits per heavy atom. The molecular weight excluding hydrogens is 442 g/mol. The van der Waals surface area contributed by atoms with Crippen LogP contribution in [-0.4, -0.2) is 25.5 Å². The van der Waals surface area contributed by atoms with Gasteiger partial charge in [0.2, 0.25) is 0 Å². The number of nitrogens with one attached hydrogen (secondary N) is 1. The maximum Gasteiger partial charge on any atom is 0.336 e. The lowest BCUT2D eigenvalue weighted by atomic mass is 9.68. The number of Topliss-reactive ketones (excluding diaryl/α,β-unsaturated/α-hetero) is 1. The molecule has 0 unspecified atom stereocenters. The highest BCUT2D eigenvalue weighted by Gasteiger charge is 2.43. The minimum atomic E-state index is -0.536. The zero-order valence-corrected chi connectivity index (χ0v) is 21.1. The van der Waals surface area contributed by atoms with E-state index >= 15 is 0 Å². The van der Waals surface area contributed by atoms with Gasteiger partial charge in [-0.25, -0.2) is 4.79 Å². The Labute approximate surface area is 207 Å². The number of dihydropyridines is 1. The van der Waals surface area contributed by atoms with Crippen molar-refractivity contribution < 1.29 is 23.8 Å². The van der Waals surface area contributed by atoms with Crippen molar-refractivity contribution in [3.63, 3.8) is 0 Å². The molecule has 1 aliphatic heterocycles. The zero-order chi connectivity index (χ0) is 25.2. The highest BCUT2D eigenvalue weighted by Crippen LogP contribution is 2.47. The molecule has 2 aromatic rings. The van der Waals surface area contributed by atoms with Crippen molar-refractivity contribution in [1.82, 2.24) is 5.32 Å². The second-order valence-corrected chi connectivity index (χ2v) is 9.83. The summed E-state index contributed by atoms with van der Waals surface area (Å²) in [6, 6.07) is 15.5. The van der Waals surface area contributed by atoms with Crippen LogP contribution in [0.4, 0.5) is 0 Å². The molecule has 0 aromatic heterocycles. The SMILES string of the molecule is CCOC(=O)C1=C(C)NC2=C(C(=O)CC(C)(C)C2)[C@H]1c1ccc(OCc2ccccc2)c(OC)c1. The maximum atomic E-state index is 13.4. The molecule has 6 nitrogen and oxygen atoms in total. The van der Waals surface area contributed by atoms with Crippen molar-refractivity contribution in [2.24, 2.45) is 5.41 Å². The van der Waals surface area contributed by atoms with Crippen LogP contribution in [0.2, 0.25) is 0 Å². The molecule has 0 amide bonds. The van der Waals surface area contributed by atoms with Gasteiger partial charge in [-0.15, -0.1) is 0 Å². The van der Waals surface area contributed by atoms with E-state index < -0.39 is 11.9 Å². The summed E-state index contributed by atoms with van der Waals surface area (Å²) in [5.41, 5.74) is 4.37. The average molecular weight is 476 g/mol. The highest BCUT2D eigenvalue weighted by molar-refractivity contribution is 6.04. The fourth-order valence-corrected chi connectivity index (χ4v) is 4.97. The van der Waals surface area contributed by atoms with Crippen LogP contribution in [0.3, 0.4) is 0 Å². The quantitative estimate of drug-likeness (QED) is 0.538. The van der Waals surface area contributed by atoms with Gasteiger partial charge in [0, 0.05) is 29.3 Å². The molecule has 4 rings (SSSR count). The highest BCUT2D eigenvalue weighted by atomic mass is 16.5. The number of allylic oxidation sites excluding steroid dienone is 3. The molecule has 0 fully saturated rings. The lowest BCUT2D eigenvalue weighted by Crippen LogP contribution is -2.38. The van der Waals surface area contributed by atoms with E-state index in [2.05, 4.69) is 19.2 Å². The number of carbonyl (C=O) groups excluding carboxylic acids is 2. The van der Waals surface area contributed by atoms with Crippen LogP contribution in [0.1, 0.15) is 57.6 Å². The number of methoxy groups -OCH3 is 1. The summed E-state index contributed by atoms with van der Waals surface area (Å²) in [6.07, 6.45) is 1.15. The summed E-state index contributed by atoms with van der Waals surface area (Å²) < 4.78 is 17.1. The predicted octanol–water partition coefficient (Wildman–Crippen LogP) is 5.44. The fourth-order valence-electron chi connectivity index (χ4n) is 4.97. The van der Waals surface area contributed by atoms with Crippen LogP contribution < -0.4 is 14.8 Å². The molecule has 0 spiro atoms. The molecule has 2 aromatic carbocycles.